The number of rotatable bonds is 8. The van der Waals surface area contributed by atoms with Gasteiger partial charge in [-0.25, -0.2) is 4.79 Å². The lowest BCUT2D eigenvalue weighted by molar-refractivity contribution is -0.116. The quantitative estimate of drug-likeness (QED) is 0.632. The van der Waals surface area contributed by atoms with Gasteiger partial charge in [0.05, 0.1) is 6.61 Å². The van der Waals surface area contributed by atoms with Gasteiger partial charge in [0.25, 0.3) is 0 Å². The van der Waals surface area contributed by atoms with Crippen molar-refractivity contribution >= 4 is 23.3 Å². The molecule has 2 aromatic carbocycles. The molecule has 0 spiro atoms. The van der Waals surface area contributed by atoms with E-state index in [2.05, 4.69) is 16.0 Å². The Hall–Kier alpha value is -3.02. The van der Waals surface area contributed by atoms with E-state index in [-0.39, 0.29) is 11.9 Å². The number of benzene rings is 2. The number of amides is 3. The molecule has 26 heavy (non-hydrogen) atoms. The van der Waals surface area contributed by atoms with Crippen LogP contribution in [-0.4, -0.2) is 24.6 Å². The molecule has 1 saturated carbocycles. The molecule has 6 nitrogen and oxygen atoms in total. The smallest absolute Gasteiger partial charge is 0.319 e. The maximum atomic E-state index is 12.0. The minimum atomic E-state index is -0.192. The maximum Gasteiger partial charge on any atom is 0.319 e. The lowest BCUT2D eigenvalue weighted by atomic mass is 10.2. The van der Waals surface area contributed by atoms with Crippen LogP contribution >= 0.6 is 0 Å². The molecule has 0 aromatic heterocycles. The average molecular weight is 353 g/mol. The van der Waals surface area contributed by atoms with Crippen molar-refractivity contribution in [3.63, 3.8) is 0 Å². The van der Waals surface area contributed by atoms with Crippen LogP contribution < -0.4 is 20.7 Å². The fourth-order valence-corrected chi connectivity index (χ4v) is 2.38. The number of hydrogen-bond donors (Lipinski definition) is 3. The Bertz CT molecular complexity index is 728. The number of anilines is 2. The van der Waals surface area contributed by atoms with Crippen LogP contribution in [0.15, 0.2) is 54.6 Å². The Labute approximate surface area is 152 Å². The standard InChI is InChI=1S/C20H23N3O3/c24-19(7-4-14-26-18-5-2-1-3-6-18)21-15-8-10-16(11-9-15)22-20(25)23-17-12-13-17/h1-3,5-6,8-11,17H,4,7,12-14H2,(H,21,24)(H2,22,23,25). The molecule has 1 fully saturated rings. The number of carbonyl (C=O) groups is 2. The number of urea groups is 1. The molecule has 0 heterocycles. The molecule has 1 aliphatic carbocycles. The molecular weight excluding hydrogens is 330 g/mol. The fraction of sp³-hybridized carbons (Fsp3) is 0.300. The van der Waals surface area contributed by atoms with E-state index in [1.54, 1.807) is 24.3 Å². The van der Waals surface area contributed by atoms with Crippen molar-refractivity contribution in [3.8, 4) is 5.75 Å². The first-order chi connectivity index (χ1) is 12.7. The minimum absolute atomic E-state index is 0.0613. The third kappa shape index (κ3) is 6.12. The van der Waals surface area contributed by atoms with Crippen molar-refractivity contribution < 1.29 is 14.3 Å². The molecule has 0 bridgehead atoms. The number of carbonyl (C=O) groups excluding carboxylic acids is 2. The molecule has 136 valence electrons. The second kappa shape index (κ2) is 8.89. The van der Waals surface area contributed by atoms with E-state index < -0.39 is 0 Å². The van der Waals surface area contributed by atoms with Gasteiger partial charge in [0.2, 0.25) is 5.91 Å². The van der Waals surface area contributed by atoms with Crippen LogP contribution in [0.4, 0.5) is 16.2 Å². The van der Waals surface area contributed by atoms with Gasteiger partial charge >= 0.3 is 6.03 Å². The third-order valence-corrected chi connectivity index (χ3v) is 3.90. The normalized spacial score (nSPS) is 12.9. The Balaban J connectivity index is 1.35. The predicted molar refractivity (Wildman–Crippen MR) is 101 cm³/mol. The Kier molecular flexibility index (Phi) is 6.09. The van der Waals surface area contributed by atoms with Crippen LogP contribution in [0.25, 0.3) is 0 Å². The molecule has 0 saturated heterocycles. The summed E-state index contributed by atoms with van der Waals surface area (Å²) in [6, 6.07) is 16.7. The SMILES string of the molecule is O=C(CCCOc1ccccc1)Nc1ccc(NC(=O)NC2CC2)cc1. The van der Waals surface area contributed by atoms with Crippen LogP contribution in [0.5, 0.6) is 5.75 Å². The lowest BCUT2D eigenvalue weighted by Crippen LogP contribution is -2.30. The molecule has 2 aromatic rings. The van der Waals surface area contributed by atoms with Gasteiger partial charge in [-0.15, -0.1) is 0 Å². The number of hydrogen-bond acceptors (Lipinski definition) is 3. The number of ether oxygens (including phenoxy) is 1. The van der Waals surface area contributed by atoms with E-state index in [1.165, 1.54) is 0 Å². The molecule has 1 aliphatic rings. The number of nitrogens with one attached hydrogen (secondary N) is 3. The zero-order valence-corrected chi connectivity index (χ0v) is 14.5. The van der Waals surface area contributed by atoms with Gasteiger partial charge in [0.1, 0.15) is 5.75 Å². The van der Waals surface area contributed by atoms with E-state index in [4.69, 9.17) is 4.74 Å². The molecule has 0 aliphatic heterocycles. The van der Waals surface area contributed by atoms with Gasteiger partial charge in [-0.2, -0.15) is 0 Å². The summed E-state index contributed by atoms with van der Waals surface area (Å²) < 4.78 is 5.56. The minimum Gasteiger partial charge on any atom is -0.494 e. The van der Waals surface area contributed by atoms with Crippen molar-refractivity contribution in [1.29, 1.82) is 0 Å². The summed E-state index contributed by atoms with van der Waals surface area (Å²) in [5.74, 6) is 0.746. The maximum absolute atomic E-state index is 12.0. The molecule has 0 unspecified atom stereocenters. The summed E-state index contributed by atoms with van der Waals surface area (Å²) >= 11 is 0. The molecule has 6 heteroatoms. The Morgan fingerprint density at radius 3 is 2.23 bits per heavy atom. The molecule has 0 radical (unpaired) electrons. The lowest BCUT2D eigenvalue weighted by Gasteiger charge is -2.09. The van der Waals surface area contributed by atoms with Crippen molar-refractivity contribution in [2.24, 2.45) is 0 Å². The highest BCUT2D eigenvalue weighted by molar-refractivity contribution is 5.92. The van der Waals surface area contributed by atoms with Crippen LogP contribution in [0, 0.1) is 0 Å². The molecule has 3 amide bonds. The topological polar surface area (TPSA) is 79.5 Å². The zero-order valence-electron chi connectivity index (χ0n) is 14.5. The summed E-state index contributed by atoms with van der Waals surface area (Å²) in [5.41, 5.74) is 1.39. The third-order valence-electron chi connectivity index (χ3n) is 3.90. The van der Waals surface area contributed by atoms with Crippen LogP contribution in [-0.2, 0) is 4.79 Å². The Morgan fingerprint density at radius 1 is 0.923 bits per heavy atom. The summed E-state index contributed by atoms with van der Waals surface area (Å²) in [6.45, 7) is 0.496. The molecule has 3 rings (SSSR count). The highest BCUT2D eigenvalue weighted by Gasteiger charge is 2.23. The van der Waals surface area contributed by atoms with E-state index in [1.807, 2.05) is 30.3 Å². The van der Waals surface area contributed by atoms with Crippen molar-refractivity contribution in [3.05, 3.63) is 54.6 Å². The van der Waals surface area contributed by atoms with Crippen LogP contribution in [0.1, 0.15) is 25.7 Å². The van der Waals surface area contributed by atoms with Gasteiger partial charge in [-0.1, -0.05) is 18.2 Å². The average Bonchev–Trinajstić information content (AvgIpc) is 3.45. The van der Waals surface area contributed by atoms with E-state index in [0.29, 0.717) is 36.9 Å². The first kappa shape index (κ1) is 17.8. The Morgan fingerprint density at radius 2 is 1.58 bits per heavy atom. The predicted octanol–water partition coefficient (Wildman–Crippen LogP) is 3.77. The van der Waals surface area contributed by atoms with Gasteiger partial charge in [-0.05, 0) is 55.7 Å². The van der Waals surface area contributed by atoms with Crippen molar-refractivity contribution in [2.45, 2.75) is 31.7 Å². The number of para-hydroxylation sites is 1. The zero-order chi connectivity index (χ0) is 18.2. The van der Waals surface area contributed by atoms with Gasteiger partial charge in [0.15, 0.2) is 0 Å². The largest absolute Gasteiger partial charge is 0.494 e. The van der Waals surface area contributed by atoms with Gasteiger partial charge in [-0.3, -0.25) is 4.79 Å². The van der Waals surface area contributed by atoms with Crippen molar-refractivity contribution in [1.82, 2.24) is 5.32 Å². The van der Waals surface area contributed by atoms with E-state index >= 15 is 0 Å². The van der Waals surface area contributed by atoms with E-state index in [9.17, 15) is 9.59 Å². The highest BCUT2D eigenvalue weighted by atomic mass is 16.5. The molecule has 3 N–H and O–H groups in total. The molecule has 0 atom stereocenters. The summed E-state index contributed by atoms with van der Waals surface area (Å²) in [7, 11) is 0. The molecular formula is C20H23N3O3. The van der Waals surface area contributed by atoms with Crippen LogP contribution in [0.3, 0.4) is 0 Å². The highest BCUT2D eigenvalue weighted by Crippen LogP contribution is 2.19. The van der Waals surface area contributed by atoms with Gasteiger partial charge < -0.3 is 20.7 Å². The van der Waals surface area contributed by atoms with Crippen LogP contribution in [0.2, 0.25) is 0 Å². The second-order valence-electron chi connectivity index (χ2n) is 6.26. The fourth-order valence-electron chi connectivity index (χ4n) is 2.38. The summed E-state index contributed by atoms with van der Waals surface area (Å²) in [6.07, 6.45) is 3.13. The first-order valence-electron chi connectivity index (χ1n) is 8.84. The van der Waals surface area contributed by atoms with E-state index in [0.717, 1.165) is 18.6 Å². The summed E-state index contributed by atoms with van der Waals surface area (Å²) in [4.78, 5) is 23.6. The second-order valence-corrected chi connectivity index (χ2v) is 6.26. The van der Waals surface area contributed by atoms with Crippen molar-refractivity contribution in [2.75, 3.05) is 17.2 Å². The summed E-state index contributed by atoms with van der Waals surface area (Å²) in [5, 5.41) is 8.47. The monoisotopic (exact) mass is 353 g/mol. The van der Waals surface area contributed by atoms with Gasteiger partial charge in [0, 0.05) is 23.8 Å². The first-order valence-corrected chi connectivity index (χ1v) is 8.84.